The van der Waals surface area contributed by atoms with Crippen molar-refractivity contribution in [1.29, 1.82) is 0 Å². The average molecular weight is 679 g/mol. The number of thioether (sulfide) groups is 1. The molecule has 0 saturated carbocycles. The molecular weight excluding hydrogens is 654 g/mol. The van der Waals surface area contributed by atoms with Gasteiger partial charge in [0.05, 0.1) is 5.25 Å². The van der Waals surface area contributed by atoms with E-state index in [1.54, 1.807) is 42.5 Å². The third-order valence-electron chi connectivity index (χ3n) is 5.62. The van der Waals surface area contributed by atoms with Crippen molar-refractivity contribution < 1.29 is 14.4 Å². The standard InChI is InChI=1S/C31H25Br2N3O3S/c1-20(29(37)34-25-13-11-24(33)12-14-25)40-27-17-15-26(16-18-27)35-31(39)28(19-21-7-9-23(32)10-8-21)36-30(38)22-5-3-2-4-6-22/h2-20H,1H3,(H,34,37)(H,35,39)(H,36,38)/b28-19-. The molecule has 3 amide bonds. The first-order chi connectivity index (χ1) is 19.3. The monoisotopic (exact) mass is 677 g/mol. The van der Waals surface area contributed by atoms with Crippen LogP contribution in [0.1, 0.15) is 22.8 Å². The number of amides is 3. The highest BCUT2D eigenvalue weighted by Crippen LogP contribution is 2.26. The summed E-state index contributed by atoms with van der Waals surface area (Å²) in [6.45, 7) is 1.84. The summed E-state index contributed by atoms with van der Waals surface area (Å²) in [5.74, 6) is -0.960. The van der Waals surface area contributed by atoms with Gasteiger partial charge in [0.1, 0.15) is 5.70 Å². The summed E-state index contributed by atoms with van der Waals surface area (Å²) < 4.78 is 1.84. The van der Waals surface area contributed by atoms with Crippen LogP contribution in [0.4, 0.5) is 11.4 Å². The van der Waals surface area contributed by atoms with Gasteiger partial charge >= 0.3 is 0 Å². The Balaban J connectivity index is 1.42. The van der Waals surface area contributed by atoms with Gasteiger partial charge in [-0.25, -0.2) is 0 Å². The molecule has 9 heteroatoms. The maximum atomic E-state index is 13.2. The van der Waals surface area contributed by atoms with E-state index in [0.29, 0.717) is 11.3 Å². The number of hydrogen-bond acceptors (Lipinski definition) is 4. The zero-order valence-corrected chi connectivity index (χ0v) is 25.3. The van der Waals surface area contributed by atoms with E-state index in [-0.39, 0.29) is 22.8 Å². The summed E-state index contributed by atoms with van der Waals surface area (Å²) in [5, 5.41) is 8.16. The van der Waals surface area contributed by atoms with Gasteiger partial charge in [0, 0.05) is 30.8 Å². The van der Waals surface area contributed by atoms with Crippen LogP contribution < -0.4 is 16.0 Å². The van der Waals surface area contributed by atoms with Gasteiger partial charge in [-0.1, -0.05) is 62.2 Å². The summed E-state index contributed by atoms with van der Waals surface area (Å²) in [7, 11) is 0. The minimum Gasteiger partial charge on any atom is -0.325 e. The van der Waals surface area contributed by atoms with Crippen LogP contribution in [0.15, 0.2) is 123 Å². The first kappa shape index (κ1) is 29.3. The molecule has 6 nitrogen and oxygen atoms in total. The lowest BCUT2D eigenvalue weighted by atomic mass is 10.1. The Morgan fingerprint density at radius 1 is 0.725 bits per heavy atom. The zero-order valence-electron chi connectivity index (χ0n) is 21.4. The van der Waals surface area contributed by atoms with Gasteiger partial charge < -0.3 is 16.0 Å². The van der Waals surface area contributed by atoms with Gasteiger partial charge in [-0.3, -0.25) is 14.4 Å². The van der Waals surface area contributed by atoms with Gasteiger partial charge in [0.2, 0.25) is 5.91 Å². The predicted octanol–water partition coefficient (Wildman–Crippen LogP) is 7.74. The molecule has 0 bridgehead atoms. The zero-order chi connectivity index (χ0) is 28.5. The molecular formula is C31H25Br2N3O3S. The summed E-state index contributed by atoms with van der Waals surface area (Å²) in [6, 6.07) is 30.7. The highest BCUT2D eigenvalue weighted by Gasteiger charge is 2.17. The Morgan fingerprint density at radius 3 is 1.90 bits per heavy atom. The van der Waals surface area contributed by atoms with Crippen LogP contribution in [0, 0.1) is 0 Å². The summed E-state index contributed by atoms with van der Waals surface area (Å²) in [4.78, 5) is 39.5. The van der Waals surface area contributed by atoms with Crippen LogP contribution in [0.5, 0.6) is 0 Å². The Hall–Kier alpha value is -3.66. The van der Waals surface area contributed by atoms with Crippen LogP contribution in [0.3, 0.4) is 0 Å². The minimum atomic E-state index is -0.463. The third kappa shape index (κ3) is 8.67. The maximum Gasteiger partial charge on any atom is 0.272 e. The van der Waals surface area contributed by atoms with Crippen molar-refractivity contribution in [3.05, 3.63) is 129 Å². The van der Waals surface area contributed by atoms with E-state index >= 15 is 0 Å². The van der Waals surface area contributed by atoms with Crippen molar-refractivity contribution in [3.63, 3.8) is 0 Å². The van der Waals surface area contributed by atoms with Crippen LogP contribution in [-0.2, 0) is 9.59 Å². The van der Waals surface area contributed by atoms with Crippen LogP contribution in [0.2, 0.25) is 0 Å². The molecule has 4 aromatic rings. The fraction of sp³-hybridized carbons (Fsp3) is 0.0645. The van der Waals surface area contributed by atoms with Crippen molar-refractivity contribution in [2.45, 2.75) is 17.1 Å². The molecule has 0 aromatic heterocycles. The van der Waals surface area contributed by atoms with Gasteiger partial charge in [0.25, 0.3) is 11.8 Å². The lowest BCUT2D eigenvalue weighted by Gasteiger charge is -2.13. The maximum absolute atomic E-state index is 13.2. The number of hydrogen-bond donors (Lipinski definition) is 3. The Morgan fingerprint density at radius 2 is 1.27 bits per heavy atom. The van der Waals surface area contributed by atoms with E-state index in [0.717, 1.165) is 25.1 Å². The van der Waals surface area contributed by atoms with E-state index in [1.807, 2.05) is 73.7 Å². The number of rotatable bonds is 9. The quantitative estimate of drug-likeness (QED) is 0.125. The molecule has 4 aromatic carbocycles. The molecule has 0 aliphatic rings. The number of benzene rings is 4. The van der Waals surface area contributed by atoms with Gasteiger partial charge in [-0.2, -0.15) is 0 Å². The fourth-order valence-electron chi connectivity index (χ4n) is 3.52. The number of halogens is 2. The van der Waals surface area contributed by atoms with Crippen LogP contribution in [-0.4, -0.2) is 23.0 Å². The SMILES string of the molecule is CC(Sc1ccc(NC(=O)/C(=C/c2ccc(Br)cc2)NC(=O)c2ccccc2)cc1)C(=O)Nc1ccc(Br)cc1. The Labute approximate surface area is 253 Å². The van der Waals surface area contributed by atoms with Crippen molar-refractivity contribution >= 4 is 78.8 Å². The Bertz CT molecular complexity index is 1510. The van der Waals surface area contributed by atoms with Gasteiger partial charge in [-0.05, 0) is 91.4 Å². The smallest absolute Gasteiger partial charge is 0.272 e. The third-order valence-corrected chi connectivity index (χ3v) is 7.79. The molecule has 4 rings (SSSR count). The van der Waals surface area contributed by atoms with Crippen LogP contribution in [0.25, 0.3) is 6.08 Å². The number of nitrogens with one attached hydrogen (secondary N) is 3. The summed E-state index contributed by atoms with van der Waals surface area (Å²) in [6.07, 6.45) is 1.62. The summed E-state index contributed by atoms with van der Waals surface area (Å²) >= 11 is 8.20. The van der Waals surface area contributed by atoms with Gasteiger partial charge in [0.15, 0.2) is 0 Å². The van der Waals surface area contributed by atoms with Crippen molar-refractivity contribution in [2.24, 2.45) is 0 Å². The molecule has 3 N–H and O–H groups in total. The number of carbonyl (C=O) groups excluding carboxylic acids is 3. The van der Waals surface area contributed by atoms with E-state index in [4.69, 9.17) is 0 Å². The molecule has 0 saturated heterocycles. The first-order valence-corrected chi connectivity index (χ1v) is 14.7. The predicted molar refractivity (Wildman–Crippen MR) is 169 cm³/mol. The number of anilines is 2. The fourth-order valence-corrected chi connectivity index (χ4v) is 4.91. The molecule has 1 atom stereocenters. The van der Waals surface area contributed by atoms with E-state index in [9.17, 15) is 14.4 Å². The minimum absolute atomic E-state index is 0.105. The van der Waals surface area contributed by atoms with E-state index in [2.05, 4.69) is 47.8 Å². The van der Waals surface area contributed by atoms with Gasteiger partial charge in [-0.15, -0.1) is 11.8 Å². The Kier molecular flexibility index (Phi) is 10.3. The highest BCUT2D eigenvalue weighted by molar-refractivity contribution is 9.10. The molecule has 0 spiro atoms. The van der Waals surface area contributed by atoms with Crippen molar-refractivity contribution in [2.75, 3.05) is 10.6 Å². The van der Waals surface area contributed by atoms with E-state index in [1.165, 1.54) is 11.8 Å². The molecule has 40 heavy (non-hydrogen) atoms. The summed E-state index contributed by atoms with van der Waals surface area (Å²) in [5.41, 5.74) is 2.58. The first-order valence-electron chi connectivity index (χ1n) is 12.2. The molecule has 0 aliphatic carbocycles. The molecule has 0 heterocycles. The van der Waals surface area contributed by atoms with E-state index < -0.39 is 5.91 Å². The molecule has 0 radical (unpaired) electrons. The highest BCUT2D eigenvalue weighted by atomic mass is 79.9. The number of carbonyl (C=O) groups is 3. The lowest BCUT2D eigenvalue weighted by Crippen LogP contribution is -2.30. The average Bonchev–Trinajstić information content (AvgIpc) is 2.96. The second-order valence-electron chi connectivity index (χ2n) is 8.66. The molecule has 202 valence electrons. The largest absolute Gasteiger partial charge is 0.325 e. The topological polar surface area (TPSA) is 87.3 Å². The molecule has 1 unspecified atom stereocenters. The lowest BCUT2D eigenvalue weighted by molar-refractivity contribution is -0.115. The second kappa shape index (κ2) is 14.1. The van der Waals surface area contributed by atoms with Crippen molar-refractivity contribution in [3.8, 4) is 0 Å². The normalized spacial score (nSPS) is 11.8. The second-order valence-corrected chi connectivity index (χ2v) is 11.9. The molecule has 0 aliphatic heterocycles. The van der Waals surface area contributed by atoms with Crippen LogP contribution >= 0.6 is 43.6 Å². The van der Waals surface area contributed by atoms with Crippen molar-refractivity contribution in [1.82, 2.24) is 5.32 Å². The molecule has 0 fully saturated rings.